The van der Waals surface area contributed by atoms with Gasteiger partial charge in [-0.3, -0.25) is 9.35 Å². The van der Waals surface area contributed by atoms with Crippen LogP contribution in [0.4, 0.5) is 0 Å². The predicted octanol–water partition coefficient (Wildman–Crippen LogP) is 0.994. The number of carbonyl (C=O) groups is 1. The molecule has 2 fully saturated rings. The third kappa shape index (κ3) is 2.39. The van der Waals surface area contributed by atoms with Crippen molar-refractivity contribution >= 4 is 83.2 Å². The van der Waals surface area contributed by atoms with E-state index in [0.29, 0.717) is 6.42 Å². The van der Waals surface area contributed by atoms with E-state index in [1.807, 2.05) is 13.8 Å². The molecule has 0 saturated heterocycles. The Labute approximate surface area is 153 Å². The molecule has 0 aliphatic heterocycles. The molecule has 4 nitrogen and oxygen atoms in total. The maximum atomic E-state index is 12.2. The summed E-state index contributed by atoms with van der Waals surface area (Å²) in [5.41, 5.74) is -1.27. The Kier molecular flexibility index (Phi) is 4.84. The van der Waals surface area contributed by atoms with Gasteiger partial charge in [-0.25, -0.2) is 0 Å². The van der Waals surface area contributed by atoms with Crippen molar-refractivity contribution in [2.24, 2.45) is 16.7 Å². The Morgan fingerprint density at radius 1 is 1.47 bits per heavy atom. The monoisotopic (exact) mass is 350 g/mol. The molecule has 2 aliphatic rings. The van der Waals surface area contributed by atoms with Crippen LogP contribution in [-0.4, -0.2) is 80.7 Å². The van der Waals surface area contributed by atoms with Crippen molar-refractivity contribution in [1.82, 2.24) is 0 Å². The van der Waals surface area contributed by atoms with E-state index >= 15 is 0 Å². The number of fused-ring (bicyclic) bond motifs is 2. The third-order valence-corrected chi connectivity index (χ3v) is 6.46. The van der Waals surface area contributed by atoms with Gasteiger partial charge in [0.25, 0.3) is 10.1 Å². The first kappa shape index (κ1) is 16.7. The summed E-state index contributed by atoms with van der Waals surface area (Å²) >= 11 is 3.35. The molecule has 3 unspecified atom stereocenters. The number of rotatable bonds is 2. The van der Waals surface area contributed by atoms with Crippen LogP contribution >= 0.6 is 15.9 Å². The molecule has 0 aromatic heterocycles. The Morgan fingerprint density at radius 2 is 2.00 bits per heavy atom. The Hall–Kier alpha value is 1.70. The maximum absolute atomic E-state index is 12.2. The van der Waals surface area contributed by atoms with E-state index in [-0.39, 0.29) is 73.3 Å². The first-order chi connectivity index (χ1) is 7.12. The minimum atomic E-state index is -4.12. The fraction of sp³-hybridized carbons (Fsp3) is 0.900. The van der Waals surface area contributed by atoms with Gasteiger partial charge in [-0.1, -0.05) is 29.8 Å². The molecule has 0 aromatic rings. The number of ketones is 1. The van der Waals surface area contributed by atoms with Gasteiger partial charge in [-0.15, -0.1) is 0 Å². The number of carbonyl (C=O) groups excluding carboxylic acids is 1. The third-order valence-electron chi connectivity index (χ3n) is 4.55. The molecule has 17 heavy (non-hydrogen) atoms. The second kappa shape index (κ2) is 4.91. The first-order valence-corrected chi connectivity index (χ1v) is 7.78. The summed E-state index contributed by atoms with van der Waals surface area (Å²) in [6.07, 6.45) is 1.40. The standard InChI is InChI=1S/C10H15BrO4S.K.H/c1-9(2)6-3-4-10(9,5-16(13,14)15)8(12)7(6)11;;/h6-7H,3-5H2,1-2H3,(H,13,14,15);;. The van der Waals surface area contributed by atoms with Crippen LogP contribution in [0.1, 0.15) is 26.7 Å². The van der Waals surface area contributed by atoms with E-state index in [9.17, 15) is 13.2 Å². The van der Waals surface area contributed by atoms with Crippen LogP contribution < -0.4 is 0 Å². The molecule has 0 amide bonds. The van der Waals surface area contributed by atoms with Gasteiger partial charge in [-0.2, -0.15) is 8.42 Å². The summed E-state index contributed by atoms with van der Waals surface area (Å²) in [6.45, 7) is 3.85. The van der Waals surface area contributed by atoms with Crippen LogP contribution in [0.15, 0.2) is 0 Å². The fourth-order valence-electron chi connectivity index (χ4n) is 3.48. The molecule has 2 rings (SSSR count). The molecule has 2 aliphatic carbocycles. The molecular formula is C10H16BrKO4S. The van der Waals surface area contributed by atoms with Crippen molar-refractivity contribution in [2.45, 2.75) is 31.5 Å². The Bertz CT molecular complexity index is 447. The van der Waals surface area contributed by atoms with Crippen LogP contribution in [0.25, 0.3) is 0 Å². The van der Waals surface area contributed by atoms with Crippen LogP contribution in [0.5, 0.6) is 0 Å². The normalized spacial score (nSPS) is 39.2. The number of hydrogen-bond acceptors (Lipinski definition) is 3. The van der Waals surface area contributed by atoms with E-state index < -0.39 is 21.3 Å². The molecule has 2 saturated carbocycles. The molecule has 3 atom stereocenters. The second-order valence-corrected chi connectivity index (χ2v) is 7.88. The van der Waals surface area contributed by atoms with Crippen LogP contribution in [0.2, 0.25) is 0 Å². The number of halogens is 1. The zero-order chi connectivity index (χ0) is 12.4. The predicted molar refractivity (Wildman–Crippen MR) is 70.2 cm³/mol. The van der Waals surface area contributed by atoms with Crippen molar-refractivity contribution < 1.29 is 17.8 Å². The Morgan fingerprint density at radius 3 is 2.35 bits per heavy atom. The Balaban J connectivity index is 0.00000144. The van der Waals surface area contributed by atoms with Gasteiger partial charge in [0.2, 0.25) is 0 Å². The van der Waals surface area contributed by atoms with Crippen molar-refractivity contribution in [3.05, 3.63) is 0 Å². The number of alkyl halides is 1. The van der Waals surface area contributed by atoms with E-state index in [1.165, 1.54) is 0 Å². The molecule has 94 valence electrons. The topological polar surface area (TPSA) is 71.4 Å². The van der Waals surface area contributed by atoms with Gasteiger partial charge >= 0.3 is 51.4 Å². The van der Waals surface area contributed by atoms with Gasteiger partial charge < -0.3 is 0 Å². The summed E-state index contributed by atoms with van der Waals surface area (Å²) in [7, 11) is -4.12. The van der Waals surface area contributed by atoms with Crippen LogP contribution in [-0.2, 0) is 14.9 Å². The quantitative estimate of drug-likeness (QED) is 0.458. The second-order valence-electron chi connectivity index (χ2n) is 5.44. The van der Waals surface area contributed by atoms with Crippen LogP contribution in [0, 0.1) is 16.7 Å². The minimum absolute atomic E-state index is 0. The average Bonchev–Trinajstić information content (AvgIpc) is 2.39. The molecule has 7 heteroatoms. The van der Waals surface area contributed by atoms with Gasteiger partial charge in [0.15, 0.2) is 5.78 Å². The van der Waals surface area contributed by atoms with E-state index in [0.717, 1.165) is 6.42 Å². The summed E-state index contributed by atoms with van der Waals surface area (Å²) < 4.78 is 31.2. The summed E-state index contributed by atoms with van der Waals surface area (Å²) in [5.74, 6) is -0.335. The average molecular weight is 351 g/mol. The molecular weight excluding hydrogens is 335 g/mol. The summed E-state index contributed by atoms with van der Waals surface area (Å²) in [5, 5.41) is 0. The van der Waals surface area contributed by atoms with Crippen LogP contribution in [0.3, 0.4) is 0 Å². The van der Waals surface area contributed by atoms with E-state index in [4.69, 9.17) is 4.55 Å². The van der Waals surface area contributed by atoms with Gasteiger partial charge in [0.05, 0.1) is 16.0 Å². The van der Waals surface area contributed by atoms with Gasteiger partial charge in [0, 0.05) is 0 Å². The molecule has 1 N–H and O–H groups in total. The van der Waals surface area contributed by atoms with Crippen molar-refractivity contribution in [2.75, 3.05) is 5.75 Å². The zero-order valence-corrected chi connectivity index (χ0v) is 11.6. The van der Waals surface area contributed by atoms with Crippen molar-refractivity contribution in [3.8, 4) is 0 Å². The molecule has 0 aromatic carbocycles. The van der Waals surface area contributed by atoms with Crippen molar-refractivity contribution in [1.29, 1.82) is 0 Å². The van der Waals surface area contributed by atoms with Gasteiger partial charge in [0.1, 0.15) is 0 Å². The zero-order valence-electron chi connectivity index (χ0n) is 9.23. The van der Waals surface area contributed by atoms with E-state index in [1.54, 1.807) is 0 Å². The number of hydrogen-bond donors (Lipinski definition) is 1. The van der Waals surface area contributed by atoms with E-state index in [2.05, 4.69) is 15.9 Å². The van der Waals surface area contributed by atoms with Crippen molar-refractivity contribution in [3.63, 3.8) is 0 Å². The molecule has 0 heterocycles. The fourth-order valence-corrected chi connectivity index (χ4v) is 6.12. The number of Topliss-reactive ketones (excluding diaryl/α,β-unsaturated/α-hetero) is 1. The summed E-state index contributed by atoms with van der Waals surface area (Å²) in [6, 6.07) is 0. The molecule has 0 spiro atoms. The first-order valence-electron chi connectivity index (χ1n) is 5.25. The summed E-state index contributed by atoms with van der Waals surface area (Å²) in [4.78, 5) is 11.9. The molecule has 0 radical (unpaired) electrons. The van der Waals surface area contributed by atoms with Gasteiger partial charge in [-0.05, 0) is 24.2 Å². The SMILES string of the molecule is CC1(C)C2CCC1(CS(=O)(=O)O)C(=O)C2Br.[KH]. The molecule has 2 bridgehead atoms.